The summed E-state index contributed by atoms with van der Waals surface area (Å²) in [5.41, 5.74) is 2.19. The Morgan fingerprint density at radius 2 is 2.17 bits per heavy atom. The van der Waals surface area contributed by atoms with E-state index in [1.165, 1.54) is 5.56 Å². The molecule has 6 heteroatoms. The summed E-state index contributed by atoms with van der Waals surface area (Å²) >= 11 is 0. The molecule has 1 aromatic carbocycles. The first kappa shape index (κ1) is 19.5. The lowest BCUT2D eigenvalue weighted by Crippen LogP contribution is -2.41. The van der Waals surface area contributed by atoms with Crippen molar-refractivity contribution in [3.63, 3.8) is 0 Å². The van der Waals surface area contributed by atoms with Crippen molar-refractivity contribution in [1.29, 1.82) is 0 Å². The van der Waals surface area contributed by atoms with E-state index in [4.69, 9.17) is 4.74 Å². The highest BCUT2D eigenvalue weighted by Gasteiger charge is 2.63. The molecule has 6 nitrogen and oxygen atoms in total. The lowest BCUT2D eigenvalue weighted by molar-refractivity contribution is -0.121. The number of amides is 1. The Morgan fingerprint density at radius 1 is 1.30 bits per heavy atom. The van der Waals surface area contributed by atoms with Gasteiger partial charge in [-0.1, -0.05) is 30.3 Å². The number of rotatable bonds is 7. The SMILES string of the molecule is Cc1ccnc(N2C[C@@H]3[C@H](CNC(=O)CCCc4ccccc4)[C@H]4CC[C@]3(C2)O4)n1. The van der Waals surface area contributed by atoms with Crippen molar-refractivity contribution in [2.45, 2.75) is 50.7 Å². The van der Waals surface area contributed by atoms with Gasteiger partial charge in [-0.3, -0.25) is 4.79 Å². The van der Waals surface area contributed by atoms with E-state index in [9.17, 15) is 4.79 Å². The van der Waals surface area contributed by atoms with Crippen LogP contribution in [0.25, 0.3) is 0 Å². The van der Waals surface area contributed by atoms with Crippen LogP contribution in [0.2, 0.25) is 0 Å². The van der Waals surface area contributed by atoms with Crippen LogP contribution in [-0.4, -0.2) is 47.2 Å². The lowest BCUT2D eigenvalue weighted by atomic mass is 9.73. The molecular weight excluding hydrogens is 376 g/mol. The third kappa shape index (κ3) is 3.69. The predicted molar refractivity (Wildman–Crippen MR) is 115 cm³/mol. The molecule has 1 amide bonds. The maximum absolute atomic E-state index is 12.4. The van der Waals surface area contributed by atoms with Gasteiger partial charge in [0.2, 0.25) is 11.9 Å². The molecule has 2 aromatic rings. The molecule has 1 spiro atoms. The summed E-state index contributed by atoms with van der Waals surface area (Å²) in [6.45, 7) is 4.48. The molecule has 5 rings (SSSR count). The maximum atomic E-state index is 12.4. The summed E-state index contributed by atoms with van der Waals surface area (Å²) in [7, 11) is 0. The van der Waals surface area contributed by atoms with Crippen LogP contribution in [0.4, 0.5) is 5.95 Å². The van der Waals surface area contributed by atoms with E-state index in [0.29, 0.717) is 24.8 Å². The van der Waals surface area contributed by atoms with E-state index in [0.717, 1.165) is 50.4 Å². The minimum absolute atomic E-state index is 0.0829. The summed E-state index contributed by atoms with van der Waals surface area (Å²) in [6.07, 6.45) is 6.70. The van der Waals surface area contributed by atoms with Gasteiger partial charge >= 0.3 is 0 Å². The number of carbonyl (C=O) groups excluding carboxylic acids is 1. The average Bonchev–Trinajstić information content (AvgIpc) is 3.42. The fraction of sp³-hybridized carbons (Fsp3) is 0.542. The van der Waals surface area contributed by atoms with Crippen molar-refractivity contribution >= 4 is 11.9 Å². The molecule has 4 atom stereocenters. The van der Waals surface area contributed by atoms with Crippen molar-refractivity contribution < 1.29 is 9.53 Å². The molecule has 30 heavy (non-hydrogen) atoms. The van der Waals surface area contributed by atoms with Crippen molar-refractivity contribution in [1.82, 2.24) is 15.3 Å². The number of hydrogen-bond donors (Lipinski definition) is 1. The van der Waals surface area contributed by atoms with Crippen molar-refractivity contribution in [2.24, 2.45) is 11.8 Å². The summed E-state index contributed by atoms with van der Waals surface area (Å²) in [4.78, 5) is 23.8. The van der Waals surface area contributed by atoms with Gasteiger partial charge in [-0.25, -0.2) is 9.97 Å². The first-order valence-electron chi connectivity index (χ1n) is 11.2. The molecule has 0 radical (unpaired) electrons. The second kappa shape index (κ2) is 7.99. The molecule has 3 saturated heterocycles. The van der Waals surface area contributed by atoms with E-state index in [2.05, 4.69) is 32.3 Å². The summed E-state index contributed by atoms with van der Waals surface area (Å²) in [6, 6.07) is 12.3. The van der Waals surface area contributed by atoms with E-state index in [-0.39, 0.29) is 17.6 Å². The smallest absolute Gasteiger partial charge is 0.225 e. The fourth-order valence-electron chi connectivity index (χ4n) is 5.62. The predicted octanol–water partition coefficient (Wildman–Crippen LogP) is 2.91. The first-order valence-corrected chi connectivity index (χ1v) is 11.2. The molecular formula is C24H30N4O2. The second-order valence-electron chi connectivity index (χ2n) is 9.05. The molecule has 4 heterocycles. The van der Waals surface area contributed by atoms with Crippen molar-refractivity contribution in [2.75, 3.05) is 24.5 Å². The number of ether oxygens (including phenoxy) is 1. The average molecular weight is 407 g/mol. The molecule has 3 aliphatic rings. The van der Waals surface area contributed by atoms with Gasteiger partial charge in [-0.2, -0.15) is 0 Å². The molecule has 0 unspecified atom stereocenters. The zero-order valence-corrected chi connectivity index (χ0v) is 17.6. The zero-order chi connectivity index (χ0) is 20.6. The Kier molecular flexibility index (Phi) is 5.19. The summed E-state index contributed by atoms with van der Waals surface area (Å²) < 4.78 is 6.50. The van der Waals surface area contributed by atoms with Crippen LogP contribution in [0.5, 0.6) is 0 Å². The second-order valence-corrected chi connectivity index (χ2v) is 9.05. The Hall–Kier alpha value is -2.47. The van der Waals surface area contributed by atoms with Gasteiger partial charge in [0.05, 0.1) is 18.2 Å². The van der Waals surface area contributed by atoms with Gasteiger partial charge in [0, 0.05) is 43.2 Å². The van der Waals surface area contributed by atoms with E-state index in [1.807, 2.05) is 37.4 Å². The Labute approximate surface area is 178 Å². The highest BCUT2D eigenvalue weighted by molar-refractivity contribution is 5.75. The molecule has 1 N–H and O–H groups in total. The Morgan fingerprint density at radius 3 is 3.00 bits per heavy atom. The number of hydrogen-bond acceptors (Lipinski definition) is 5. The number of nitrogens with zero attached hydrogens (tertiary/aromatic N) is 3. The van der Waals surface area contributed by atoms with Crippen LogP contribution in [-0.2, 0) is 16.0 Å². The normalized spacial score (nSPS) is 29.2. The molecule has 1 aromatic heterocycles. The minimum atomic E-state index is -0.0829. The van der Waals surface area contributed by atoms with Crippen LogP contribution >= 0.6 is 0 Å². The standard InChI is InChI=1S/C24H30N4O2/c1-17-11-13-25-23(27-17)28-15-20-19(21-10-12-24(20,16-28)30-21)14-26-22(29)9-5-8-18-6-3-2-4-7-18/h2-4,6-7,11,13,19-21H,5,8-10,12,14-16H2,1H3,(H,26,29)/t19-,20+,21+,24+/m0/s1. The number of nitrogens with one attached hydrogen (secondary N) is 1. The summed E-state index contributed by atoms with van der Waals surface area (Å²) in [5.74, 6) is 1.77. The molecule has 0 aliphatic carbocycles. The number of anilines is 1. The highest BCUT2D eigenvalue weighted by Crippen LogP contribution is 2.54. The van der Waals surface area contributed by atoms with Gasteiger partial charge in [0.1, 0.15) is 0 Å². The number of carbonyl (C=O) groups is 1. The monoisotopic (exact) mass is 406 g/mol. The Balaban J connectivity index is 1.15. The minimum Gasteiger partial charge on any atom is -0.369 e. The largest absolute Gasteiger partial charge is 0.369 e. The Bertz CT molecular complexity index is 905. The zero-order valence-electron chi connectivity index (χ0n) is 17.6. The van der Waals surface area contributed by atoms with Gasteiger partial charge in [0.25, 0.3) is 0 Å². The van der Waals surface area contributed by atoms with E-state index in [1.54, 1.807) is 0 Å². The van der Waals surface area contributed by atoms with Crippen LogP contribution in [0.1, 0.15) is 36.9 Å². The fourth-order valence-corrected chi connectivity index (χ4v) is 5.62. The molecule has 3 fully saturated rings. The molecule has 2 bridgehead atoms. The molecule has 3 aliphatic heterocycles. The van der Waals surface area contributed by atoms with Crippen molar-refractivity contribution in [3.05, 3.63) is 53.9 Å². The van der Waals surface area contributed by atoms with Gasteiger partial charge in [-0.15, -0.1) is 0 Å². The van der Waals surface area contributed by atoms with Crippen LogP contribution in [0.3, 0.4) is 0 Å². The number of benzene rings is 1. The third-order valence-electron chi connectivity index (χ3n) is 7.10. The van der Waals surface area contributed by atoms with E-state index < -0.39 is 0 Å². The van der Waals surface area contributed by atoms with E-state index >= 15 is 0 Å². The van der Waals surface area contributed by atoms with Gasteiger partial charge in [-0.05, 0) is 44.2 Å². The van der Waals surface area contributed by atoms with Gasteiger partial charge in [0.15, 0.2) is 0 Å². The number of fused-ring (bicyclic) bond motifs is 1. The first-order chi connectivity index (χ1) is 14.6. The van der Waals surface area contributed by atoms with Gasteiger partial charge < -0.3 is 15.0 Å². The number of aromatic nitrogens is 2. The quantitative estimate of drug-likeness (QED) is 0.766. The van der Waals surface area contributed by atoms with Crippen LogP contribution in [0.15, 0.2) is 42.6 Å². The van der Waals surface area contributed by atoms with Crippen molar-refractivity contribution in [3.8, 4) is 0 Å². The maximum Gasteiger partial charge on any atom is 0.225 e. The third-order valence-corrected chi connectivity index (χ3v) is 7.10. The molecule has 0 saturated carbocycles. The summed E-state index contributed by atoms with van der Waals surface area (Å²) in [5, 5.41) is 3.20. The lowest BCUT2D eigenvalue weighted by Gasteiger charge is -2.29. The van der Waals surface area contributed by atoms with Crippen LogP contribution in [0, 0.1) is 18.8 Å². The van der Waals surface area contributed by atoms with Crippen LogP contribution < -0.4 is 10.2 Å². The number of aryl methyl sites for hydroxylation is 2. The highest BCUT2D eigenvalue weighted by atomic mass is 16.5. The topological polar surface area (TPSA) is 67.4 Å². The molecule has 158 valence electrons.